The maximum Gasteiger partial charge on any atom is 0.400 e. The van der Waals surface area contributed by atoms with Crippen LogP contribution in [0.15, 0.2) is 55.0 Å². The molecule has 12 nitrogen and oxygen atoms in total. The van der Waals surface area contributed by atoms with Crippen LogP contribution in [0.3, 0.4) is 0 Å². The number of carbonyl (C=O) groups excluding carboxylic acids is 2. The van der Waals surface area contributed by atoms with E-state index in [0.29, 0.717) is 18.2 Å². The summed E-state index contributed by atoms with van der Waals surface area (Å²) >= 11 is 6.41. The van der Waals surface area contributed by atoms with Gasteiger partial charge in [0.05, 0.1) is 29.0 Å². The van der Waals surface area contributed by atoms with Crippen molar-refractivity contribution in [2.75, 3.05) is 6.54 Å². The molecule has 0 bridgehead atoms. The predicted octanol–water partition coefficient (Wildman–Crippen LogP) is 6.51. The van der Waals surface area contributed by atoms with Crippen LogP contribution in [0.1, 0.15) is 82.4 Å². The second-order valence-electron chi connectivity index (χ2n) is 14.2. The molecule has 2 aliphatic rings. The Morgan fingerprint density at radius 2 is 1.81 bits per heavy atom. The molecule has 1 saturated carbocycles. The summed E-state index contributed by atoms with van der Waals surface area (Å²) in [6.45, 7) is 5.88. The number of halogens is 6. The minimum atomic E-state index is -4.84. The molecule has 18 heteroatoms. The number of aromatic nitrogens is 6. The average molecular weight is 747 g/mol. The molecule has 0 unspecified atom stereocenters. The first-order valence-electron chi connectivity index (χ1n) is 16.4. The Hall–Kier alpha value is -4.93. The van der Waals surface area contributed by atoms with Crippen molar-refractivity contribution in [3.05, 3.63) is 77.0 Å². The fourth-order valence-corrected chi connectivity index (χ4v) is 6.49. The number of amides is 2. The average Bonchev–Trinajstić information content (AvgIpc) is 3.49. The highest BCUT2D eigenvalue weighted by molar-refractivity contribution is 6.32. The van der Waals surface area contributed by atoms with Gasteiger partial charge >= 0.3 is 6.18 Å². The molecule has 2 fully saturated rings. The summed E-state index contributed by atoms with van der Waals surface area (Å²) in [5, 5.41) is 27.2. The van der Waals surface area contributed by atoms with Crippen molar-refractivity contribution < 1.29 is 31.5 Å². The maximum absolute atomic E-state index is 14.9. The number of nitrogens with one attached hydrogen (secondary N) is 3. The molecule has 0 radical (unpaired) electrons. The molecule has 52 heavy (non-hydrogen) atoms. The number of nitrogens with zero attached hydrogens (tertiary/aromatic N) is 7. The van der Waals surface area contributed by atoms with E-state index in [1.54, 1.807) is 35.3 Å². The van der Waals surface area contributed by atoms with E-state index in [4.69, 9.17) is 17.0 Å². The van der Waals surface area contributed by atoms with Gasteiger partial charge in [0.1, 0.15) is 23.5 Å². The third-order valence-electron chi connectivity index (χ3n) is 9.03. The summed E-state index contributed by atoms with van der Waals surface area (Å²) in [6, 6.07) is 10.2. The first-order chi connectivity index (χ1) is 24.4. The van der Waals surface area contributed by atoms with E-state index in [2.05, 4.69) is 30.9 Å². The van der Waals surface area contributed by atoms with Crippen LogP contribution in [0.25, 0.3) is 16.9 Å². The van der Waals surface area contributed by atoms with Crippen molar-refractivity contribution >= 4 is 29.4 Å². The van der Waals surface area contributed by atoms with Crippen molar-refractivity contribution in [1.82, 2.24) is 45.3 Å². The zero-order valence-electron chi connectivity index (χ0n) is 28.5. The molecule has 2 aromatic carbocycles. The molecule has 2 aromatic heterocycles. The van der Waals surface area contributed by atoms with Gasteiger partial charge in [0, 0.05) is 12.1 Å². The highest BCUT2D eigenvalue weighted by Crippen LogP contribution is 2.43. The highest BCUT2D eigenvalue weighted by atomic mass is 35.5. The molecule has 4 aromatic rings. The monoisotopic (exact) mass is 746 g/mol. The van der Waals surface area contributed by atoms with Gasteiger partial charge in [0.15, 0.2) is 11.8 Å². The molecular formula is C34H36ClF5N10O2. The van der Waals surface area contributed by atoms with Gasteiger partial charge in [-0.05, 0) is 54.9 Å². The van der Waals surface area contributed by atoms with Gasteiger partial charge in [-0.2, -0.15) is 33.3 Å². The van der Waals surface area contributed by atoms with Crippen LogP contribution in [0.5, 0.6) is 0 Å². The van der Waals surface area contributed by atoms with Crippen molar-refractivity contribution in [2.45, 2.75) is 77.2 Å². The summed E-state index contributed by atoms with van der Waals surface area (Å²) in [6.07, 6.45) is -3.10. The molecule has 3 atom stereocenters. The van der Waals surface area contributed by atoms with Gasteiger partial charge in [0.25, 0.3) is 12.3 Å². The van der Waals surface area contributed by atoms with Crippen molar-refractivity contribution in [3.63, 3.8) is 0 Å². The van der Waals surface area contributed by atoms with Crippen LogP contribution in [0, 0.1) is 16.7 Å². The smallest absolute Gasteiger partial charge is 0.353 e. The standard InChI is InChI=1S/C34H36ClF5N10O2/c1-18(34(38,39)40)29(51)42-15-26(20-7-12-23(35)25(13-20)49-28(27(36)37)43-17-45-49)48-30(52)33(46-31(48)41,16-32(2,3)4)21-8-5-19(6-9-21)24-14-44-50(47-24)22-10-11-22/h5-9,12-14,17-18,22,26-27H,10-11,15-16H2,1-4H3,(H2,41,46)(H,42,51)/t18-,26-,33-/m1/s1. The van der Waals surface area contributed by atoms with Gasteiger partial charge in [0.2, 0.25) is 5.91 Å². The van der Waals surface area contributed by atoms with Crippen LogP contribution in [0.4, 0.5) is 22.0 Å². The largest absolute Gasteiger partial charge is 0.400 e. The SMILES string of the molecule is C[C@H](C(=O)NC[C@H](c1ccc(Cl)c(-n2ncnc2C(F)F)c1)N1C(=N)N[C@](CC(C)(C)C)(c2ccc(-c3cnn(C4CC4)n3)cc2)C1=O)C(F)(F)F. The van der Waals surface area contributed by atoms with Crippen molar-refractivity contribution in [1.29, 1.82) is 5.41 Å². The Kier molecular flexibility index (Phi) is 9.61. The molecule has 3 N–H and O–H groups in total. The molecule has 1 aliphatic carbocycles. The molecule has 1 saturated heterocycles. The van der Waals surface area contributed by atoms with Crippen LogP contribution < -0.4 is 10.6 Å². The van der Waals surface area contributed by atoms with Crippen LogP contribution in [-0.4, -0.2) is 65.2 Å². The number of alkyl halides is 5. The fraction of sp³-hybridized carbons (Fsp3) is 0.441. The zero-order valence-corrected chi connectivity index (χ0v) is 29.3. The molecule has 6 rings (SSSR count). The van der Waals surface area contributed by atoms with Gasteiger partial charge in [-0.25, -0.2) is 18.4 Å². The second kappa shape index (κ2) is 13.6. The van der Waals surface area contributed by atoms with E-state index in [9.17, 15) is 31.5 Å². The van der Waals surface area contributed by atoms with Crippen LogP contribution in [-0.2, 0) is 15.1 Å². The van der Waals surface area contributed by atoms with E-state index in [0.717, 1.165) is 34.3 Å². The number of carbonyl (C=O) groups is 2. The molecular weight excluding hydrogens is 711 g/mol. The first-order valence-corrected chi connectivity index (χ1v) is 16.8. The summed E-state index contributed by atoms with van der Waals surface area (Å²) in [5.74, 6) is -5.47. The third-order valence-corrected chi connectivity index (χ3v) is 9.35. The minimum Gasteiger partial charge on any atom is -0.353 e. The number of hydrogen-bond donors (Lipinski definition) is 3. The molecule has 0 spiro atoms. The van der Waals surface area contributed by atoms with E-state index >= 15 is 0 Å². The van der Waals surface area contributed by atoms with Crippen molar-refractivity contribution in [2.24, 2.45) is 11.3 Å². The molecule has 2 amide bonds. The van der Waals surface area contributed by atoms with E-state index in [1.165, 1.54) is 18.2 Å². The molecule has 3 heterocycles. The maximum atomic E-state index is 14.9. The van der Waals surface area contributed by atoms with Gasteiger partial charge in [-0.3, -0.25) is 19.9 Å². The van der Waals surface area contributed by atoms with Gasteiger partial charge < -0.3 is 10.6 Å². The quantitative estimate of drug-likeness (QED) is 0.149. The summed E-state index contributed by atoms with van der Waals surface area (Å²) < 4.78 is 68.9. The third kappa shape index (κ3) is 7.22. The lowest BCUT2D eigenvalue weighted by Gasteiger charge is -2.35. The number of guanidine groups is 1. The van der Waals surface area contributed by atoms with Crippen LogP contribution in [0.2, 0.25) is 5.02 Å². The van der Waals surface area contributed by atoms with E-state index < -0.39 is 59.7 Å². The highest BCUT2D eigenvalue weighted by Gasteiger charge is 2.54. The predicted molar refractivity (Wildman–Crippen MR) is 179 cm³/mol. The number of hydrogen-bond acceptors (Lipinski definition) is 7. The summed E-state index contributed by atoms with van der Waals surface area (Å²) in [5.41, 5.74) is -0.0129. The lowest BCUT2D eigenvalue weighted by Crippen LogP contribution is -2.48. The van der Waals surface area contributed by atoms with Crippen LogP contribution >= 0.6 is 11.6 Å². The second-order valence-corrected chi connectivity index (χ2v) is 14.6. The first kappa shape index (κ1) is 36.8. The number of benzene rings is 2. The lowest BCUT2D eigenvalue weighted by molar-refractivity contribution is -0.179. The van der Waals surface area contributed by atoms with Crippen molar-refractivity contribution in [3.8, 4) is 16.9 Å². The normalized spacial score (nSPS) is 19.2. The van der Waals surface area contributed by atoms with Gasteiger partial charge in [-0.15, -0.1) is 0 Å². The van der Waals surface area contributed by atoms with E-state index in [-0.39, 0.29) is 34.7 Å². The Morgan fingerprint density at radius 3 is 2.42 bits per heavy atom. The fourth-order valence-electron chi connectivity index (χ4n) is 6.29. The van der Waals surface area contributed by atoms with Gasteiger partial charge in [-0.1, -0.05) is 62.7 Å². The van der Waals surface area contributed by atoms with E-state index in [1.807, 2.05) is 20.8 Å². The topological polar surface area (TPSA) is 147 Å². The Bertz CT molecular complexity index is 1990. The number of rotatable bonds is 11. The molecule has 276 valence electrons. The Balaban J connectivity index is 1.41. The lowest BCUT2D eigenvalue weighted by atomic mass is 9.75. The molecule has 1 aliphatic heterocycles. The summed E-state index contributed by atoms with van der Waals surface area (Å²) in [4.78, 5) is 33.9. The Labute approximate surface area is 300 Å². The zero-order chi connectivity index (χ0) is 37.7. The minimum absolute atomic E-state index is 0.0232. The summed E-state index contributed by atoms with van der Waals surface area (Å²) in [7, 11) is 0. The Morgan fingerprint density at radius 1 is 1.12 bits per heavy atom.